The van der Waals surface area contributed by atoms with Crippen molar-refractivity contribution in [1.29, 1.82) is 0 Å². The minimum atomic E-state index is -0.184. The fraction of sp³-hybridized carbons (Fsp3) is 0.667. The number of furan rings is 1. The Morgan fingerprint density at radius 2 is 2.31 bits per heavy atom. The molecule has 0 aromatic carbocycles. The van der Waals surface area contributed by atoms with Crippen LogP contribution in [0.1, 0.15) is 17.9 Å². The van der Waals surface area contributed by atoms with E-state index in [1.165, 1.54) is 0 Å². The van der Waals surface area contributed by atoms with Gasteiger partial charge < -0.3 is 14.9 Å². The van der Waals surface area contributed by atoms with Gasteiger partial charge in [-0.25, -0.2) is 0 Å². The van der Waals surface area contributed by atoms with Crippen molar-refractivity contribution >= 4 is 0 Å². The van der Waals surface area contributed by atoms with Crippen LogP contribution in [0.3, 0.4) is 0 Å². The minimum Gasteiger partial charge on any atom is -0.465 e. The second-order valence-electron chi connectivity index (χ2n) is 4.85. The van der Waals surface area contributed by atoms with Crippen LogP contribution >= 0.6 is 0 Å². The first kappa shape index (κ1) is 11.6. The van der Waals surface area contributed by atoms with Crippen LogP contribution in [0.2, 0.25) is 0 Å². The summed E-state index contributed by atoms with van der Waals surface area (Å²) in [5, 5.41) is 0. The van der Waals surface area contributed by atoms with E-state index in [2.05, 4.69) is 11.9 Å². The van der Waals surface area contributed by atoms with E-state index >= 15 is 0 Å². The van der Waals surface area contributed by atoms with Crippen LogP contribution in [-0.4, -0.2) is 37.2 Å². The van der Waals surface area contributed by atoms with Crippen LogP contribution < -0.4 is 5.73 Å². The average Bonchev–Trinajstić information content (AvgIpc) is 2.75. The Morgan fingerprint density at radius 1 is 1.50 bits per heavy atom. The molecule has 1 aromatic heterocycles. The van der Waals surface area contributed by atoms with Crippen LogP contribution in [0.25, 0.3) is 0 Å². The average molecular weight is 224 g/mol. The summed E-state index contributed by atoms with van der Waals surface area (Å²) in [5.41, 5.74) is 6.04. The largest absolute Gasteiger partial charge is 0.465 e. The van der Waals surface area contributed by atoms with E-state index in [4.69, 9.17) is 14.9 Å². The van der Waals surface area contributed by atoms with Crippen LogP contribution in [0, 0.1) is 6.92 Å². The molecule has 2 N–H and O–H groups in total. The van der Waals surface area contributed by atoms with Crippen molar-refractivity contribution in [1.82, 2.24) is 4.90 Å². The van der Waals surface area contributed by atoms with Gasteiger partial charge >= 0.3 is 0 Å². The molecular formula is C12H20N2O2. The number of hydrogen-bond acceptors (Lipinski definition) is 4. The topological polar surface area (TPSA) is 51.6 Å². The molecular weight excluding hydrogens is 204 g/mol. The molecule has 0 saturated carbocycles. The number of likely N-dealkylation sites (N-methyl/N-ethyl adjacent to an activating group) is 1. The number of nitrogens with two attached hydrogens (primary N) is 1. The molecule has 0 bridgehead atoms. The van der Waals surface area contributed by atoms with E-state index in [-0.39, 0.29) is 5.54 Å². The summed E-state index contributed by atoms with van der Waals surface area (Å²) in [4.78, 5) is 2.19. The van der Waals surface area contributed by atoms with Gasteiger partial charge in [0, 0.05) is 13.2 Å². The van der Waals surface area contributed by atoms with E-state index in [9.17, 15) is 0 Å². The molecule has 0 spiro atoms. The molecule has 1 unspecified atom stereocenters. The molecule has 16 heavy (non-hydrogen) atoms. The second-order valence-corrected chi connectivity index (χ2v) is 4.85. The quantitative estimate of drug-likeness (QED) is 0.833. The normalized spacial score (nSPS) is 25.5. The maximum absolute atomic E-state index is 6.22. The van der Waals surface area contributed by atoms with Gasteiger partial charge in [-0.15, -0.1) is 0 Å². The third-order valence-electron chi connectivity index (χ3n) is 2.94. The molecule has 0 radical (unpaired) electrons. The summed E-state index contributed by atoms with van der Waals surface area (Å²) in [7, 11) is 2.06. The lowest BCUT2D eigenvalue weighted by atomic mass is 10.00. The highest BCUT2D eigenvalue weighted by Crippen LogP contribution is 2.17. The zero-order chi connectivity index (χ0) is 11.6. The molecule has 1 atom stereocenters. The summed E-state index contributed by atoms with van der Waals surface area (Å²) in [6, 6.07) is 4.00. The van der Waals surface area contributed by atoms with Crippen LogP contribution in [0.4, 0.5) is 0 Å². The zero-order valence-corrected chi connectivity index (χ0v) is 10.0. The van der Waals surface area contributed by atoms with E-state index in [1.807, 2.05) is 19.1 Å². The highest BCUT2D eigenvalue weighted by molar-refractivity contribution is 5.05. The predicted octanol–water partition coefficient (Wildman–Crippen LogP) is 1.14. The smallest absolute Gasteiger partial charge is 0.118 e. The van der Waals surface area contributed by atoms with Gasteiger partial charge in [0.15, 0.2) is 0 Å². The Kier molecular flexibility index (Phi) is 3.33. The Labute approximate surface area is 96.4 Å². The number of hydrogen-bond donors (Lipinski definition) is 1. The Morgan fingerprint density at radius 3 is 2.88 bits per heavy atom. The van der Waals surface area contributed by atoms with Gasteiger partial charge in [-0.2, -0.15) is 0 Å². The maximum Gasteiger partial charge on any atom is 0.118 e. The van der Waals surface area contributed by atoms with Crippen molar-refractivity contribution in [3.63, 3.8) is 0 Å². The Bertz CT molecular complexity index is 343. The molecule has 0 aliphatic carbocycles. The number of nitrogens with zero attached hydrogens (tertiary/aromatic N) is 1. The molecule has 2 rings (SSSR count). The van der Waals surface area contributed by atoms with Gasteiger partial charge in [-0.3, -0.25) is 4.90 Å². The predicted molar refractivity (Wildman–Crippen MR) is 62.1 cm³/mol. The molecule has 1 aliphatic heterocycles. The molecule has 4 nitrogen and oxygen atoms in total. The zero-order valence-electron chi connectivity index (χ0n) is 10.0. The van der Waals surface area contributed by atoms with Gasteiger partial charge in [0.1, 0.15) is 11.5 Å². The molecule has 1 aromatic rings. The second kappa shape index (κ2) is 4.57. The molecule has 1 aliphatic rings. The van der Waals surface area contributed by atoms with Gasteiger partial charge in [0.2, 0.25) is 0 Å². The van der Waals surface area contributed by atoms with Crippen molar-refractivity contribution in [2.75, 3.05) is 26.8 Å². The number of ether oxygens (including phenoxy) is 1. The van der Waals surface area contributed by atoms with Crippen molar-refractivity contribution in [2.45, 2.75) is 25.4 Å². The number of aryl methyl sites for hydroxylation is 1. The summed E-state index contributed by atoms with van der Waals surface area (Å²) in [6.07, 6.45) is 0.939. The Balaban J connectivity index is 1.86. The van der Waals surface area contributed by atoms with Gasteiger partial charge in [-0.05, 0) is 32.5 Å². The van der Waals surface area contributed by atoms with E-state index < -0.39 is 0 Å². The van der Waals surface area contributed by atoms with Crippen molar-refractivity contribution in [3.05, 3.63) is 23.7 Å². The first-order valence-electron chi connectivity index (χ1n) is 5.68. The van der Waals surface area contributed by atoms with Crippen molar-refractivity contribution in [3.8, 4) is 0 Å². The summed E-state index contributed by atoms with van der Waals surface area (Å²) in [6.45, 7) is 5.04. The molecule has 90 valence electrons. The van der Waals surface area contributed by atoms with E-state index in [1.54, 1.807) is 0 Å². The SMILES string of the molecule is Cc1ccc(CN(C)CC2(N)CCOC2)o1. The third kappa shape index (κ3) is 2.84. The molecule has 1 fully saturated rings. The van der Waals surface area contributed by atoms with Crippen molar-refractivity contribution in [2.24, 2.45) is 5.73 Å². The lowest BCUT2D eigenvalue weighted by molar-refractivity contribution is 0.157. The highest BCUT2D eigenvalue weighted by atomic mass is 16.5. The lowest BCUT2D eigenvalue weighted by Crippen LogP contribution is -2.49. The minimum absolute atomic E-state index is 0.184. The van der Waals surface area contributed by atoms with Crippen LogP contribution in [0.15, 0.2) is 16.5 Å². The third-order valence-corrected chi connectivity index (χ3v) is 2.94. The summed E-state index contributed by atoms with van der Waals surface area (Å²) in [5.74, 6) is 1.94. The highest BCUT2D eigenvalue weighted by Gasteiger charge is 2.31. The van der Waals surface area contributed by atoms with Crippen molar-refractivity contribution < 1.29 is 9.15 Å². The Hall–Kier alpha value is -0.840. The first-order chi connectivity index (χ1) is 7.57. The van der Waals surface area contributed by atoms with E-state index in [0.29, 0.717) is 6.61 Å². The summed E-state index contributed by atoms with van der Waals surface area (Å²) >= 11 is 0. The lowest BCUT2D eigenvalue weighted by Gasteiger charge is -2.27. The molecule has 1 saturated heterocycles. The summed E-state index contributed by atoms with van der Waals surface area (Å²) < 4.78 is 10.9. The number of rotatable bonds is 4. The molecule has 2 heterocycles. The molecule has 0 amide bonds. The monoisotopic (exact) mass is 224 g/mol. The fourth-order valence-corrected chi connectivity index (χ4v) is 2.18. The van der Waals surface area contributed by atoms with Crippen LogP contribution in [0.5, 0.6) is 0 Å². The van der Waals surface area contributed by atoms with Gasteiger partial charge in [-0.1, -0.05) is 0 Å². The standard InChI is InChI=1S/C12H20N2O2/c1-10-3-4-11(16-10)7-14(2)8-12(13)5-6-15-9-12/h3-4H,5-9,13H2,1-2H3. The van der Waals surface area contributed by atoms with Gasteiger partial charge in [0.05, 0.1) is 18.7 Å². The van der Waals surface area contributed by atoms with Gasteiger partial charge in [0.25, 0.3) is 0 Å². The fourth-order valence-electron chi connectivity index (χ4n) is 2.18. The van der Waals surface area contributed by atoms with Crippen LogP contribution in [-0.2, 0) is 11.3 Å². The molecule has 4 heteroatoms. The van der Waals surface area contributed by atoms with E-state index in [0.717, 1.165) is 37.6 Å². The maximum atomic E-state index is 6.22. The first-order valence-corrected chi connectivity index (χ1v) is 5.68.